The normalized spacial score (nSPS) is 14.0. The third-order valence-electron chi connectivity index (χ3n) is 7.41. The number of anilines is 2. The quantitative estimate of drug-likeness (QED) is 0.150. The van der Waals surface area contributed by atoms with E-state index in [2.05, 4.69) is 10.6 Å². The maximum atomic E-state index is 14.0. The Balaban J connectivity index is 1.35. The van der Waals surface area contributed by atoms with E-state index in [1.54, 1.807) is 11.8 Å². The molecule has 0 saturated carbocycles. The topological polar surface area (TPSA) is 90.3 Å². The molecule has 1 aromatic heterocycles. The number of carbonyl (C=O) groups excluding carboxylic acids is 1. The number of fused-ring (bicyclic) bond motifs is 1. The van der Waals surface area contributed by atoms with Gasteiger partial charge in [-0.05, 0) is 66.4 Å². The average Bonchev–Trinajstić information content (AvgIpc) is 3.45. The molecule has 2 N–H and O–H groups in total. The Morgan fingerprint density at radius 2 is 1.78 bits per heavy atom. The molecule has 4 aromatic carbocycles. The number of nitrogens with zero attached hydrogens (tertiary/aromatic N) is 3. The molecule has 6 rings (SSSR count). The molecule has 0 bridgehead atoms. The molecule has 0 radical (unpaired) electrons. The second-order valence-electron chi connectivity index (χ2n) is 10.6. The number of nitrogens with one attached hydrogen (secondary N) is 2. The summed E-state index contributed by atoms with van der Waals surface area (Å²) < 4.78 is 13.6. The van der Waals surface area contributed by atoms with Gasteiger partial charge in [0.1, 0.15) is 12.6 Å². The summed E-state index contributed by atoms with van der Waals surface area (Å²) in [5, 5.41) is 12.5. The summed E-state index contributed by atoms with van der Waals surface area (Å²) in [7, 11) is 1.60. The van der Waals surface area contributed by atoms with E-state index in [-0.39, 0.29) is 5.91 Å². The van der Waals surface area contributed by atoms with Crippen LogP contribution in [0.15, 0.2) is 113 Å². The predicted octanol–water partition coefficient (Wildman–Crippen LogP) is 8.05. The SMILES string of the molecule is COc1cc(C2C(C(=O)Nc3cccc(C)c3)=C(C)Nc3nc(SCc4ccccc4Cl)nn32)ccc1OCc1ccccc1. The molecule has 1 aliphatic rings. The highest BCUT2D eigenvalue weighted by atomic mass is 35.5. The maximum absolute atomic E-state index is 14.0. The first-order valence-corrected chi connectivity index (χ1v) is 15.8. The van der Waals surface area contributed by atoms with Gasteiger partial charge >= 0.3 is 0 Å². The van der Waals surface area contributed by atoms with Crippen LogP contribution < -0.4 is 20.1 Å². The Kier molecular flexibility index (Phi) is 9.09. The van der Waals surface area contributed by atoms with Gasteiger partial charge in [0, 0.05) is 22.2 Å². The first-order valence-electron chi connectivity index (χ1n) is 14.4. The summed E-state index contributed by atoms with van der Waals surface area (Å²) in [5.41, 5.74) is 5.78. The monoisotopic (exact) mass is 637 g/mol. The minimum Gasteiger partial charge on any atom is -0.493 e. The van der Waals surface area contributed by atoms with Gasteiger partial charge < -0.3 is 20.1 Å². The minimum atomic E-state index is -0.592. The van der Waals surface area contributed by atoms with Gasteiger partial charge in [-0.25, -0.2) is 4.68 Å². The molecule has 2 heterocycles. The zero-order valence-corrected chi connectivity index (χ0v) is 26.7. The van der Waals surface area contributed by atoms with Crippen molar-refractivity contribution < 1.29 is 14.3 Å². The standard InChI is InChI=1S/C35H32ClN5O3S/c1-22-10-9-14-27(18-22)38-33(42)31-23(2)37-34-39-35(45-21-26-13-7-8-15-28(26)36)40-41(34)32(31)25-16-17-29(30(19-25)43-3)44-20-24-11-5-4-6-12-24/h4-19,32H,20-21H2,1-3H3,(H,38,42)(H,37,39,40). The number of hydrogen-bond donors (Lipinski definition) is 2. The van der Waals surface area contributed by atoms with E-state index in [9.17, 15) is 4.79 Å². The van der Waals surface area contributed by atoms with Crippen molar-refractivity contribution >= 4 is 40.9 Å². The van der Waals surface area contributed by atoms with Crippen LogP contribution in [0.1, 0.15) is 35.2 Å². The lowest BCUT2D eigenvalue weighted by molar-refractivity contribution is -0.113. The van der Waals surface area contributed by atoms with E-state index in [1.807, 2.05) is 111 Å². The van der Waals surface area contributed by atoms with Gasteiger partial charge in [-0.2, -0.15) is 4.98 Å². The molecule has 0 fully saturated rings. The van der Waals surface area contributed by atoms with Crippen LogP contribution in [0.25, 0.3) is 0 Å². The van der Waals surface area contributed by atoms with Crippen molar-refractivity contribution in [1.82, 2.24) is 14.8 Å². The first-order chi connectivity index (χ1) is 21.9. The lowest BCUT2D eigenvalue weighted by Gasteiger charge is -2.29. The second kappa shape index (κ2) is 13.5. The van der Waals surface area contributed by atoms with Crippen LogP contribution in [0.3, 0.4) is 0 Å². The van der Waals surface area contributed by atoms with Crippen molar-refractivity contribution in [2.45, 2.75) is 37.4 Å². The molecule has 0 aliphatic carbocycles. The number of thioether (sulfide) groups is 1. The highest BCUT2D eigenvalue weighted by Gasteiger charge is 2.35. The molecule has 228 valence electrons. The van der Waals surface area contributed by atoms with E-state index >= 15 is 0 Å². The number of carbonyl (C=O) groups is 1. The number of rotatable bonds is 10. The zero-order valence-electron chi connectivity index (χ0n) is 25.1. The van der Waals surface area contributed by atoms with E-state index < -0.39 is 6.04 Å². The number of benzene rings is 4. The predicted molar refractivity (Wildman–Crippen MR) is 179 cm³/mol. The maximum Gasteiger partial charge on any atom is 0.255 e. The highest BCUT2D eigenvalue weighted by molar-refractivity contribution is 7.98. The summed E-state index contributed by atoms with van der Waals surface area (Å²) in [6.45, 7) is 4.26. The third-order valence-corrected chi connectivity index (χ3v) is 8.66. The van der Waals surface area contributed by atoms with Gasteiger partial charge in [-0.15, -0.1) is 5.10 Å². The van der Waals surface area contributed by atoms with Crippen LogP contribution in [0.5, 0.6) is 11.5 Å². The molecule has 0 saturated heterocycles. The van der Waals surface area contributed by atoms with Gasteiger partial charge in [0.2, 0.25) is 11.1 Å². The van der Waals surface area contributed by atoms with Crippen LogP contribution in [0, 0.1) is 6.92 Å². The number of allylic oxidation sites excluding steroid dienone is 1. The fraction of sp³-hybridized carbons (Fsp3) is 0.171. The van der Waals surface area contributed by atoms with Crippen molar-refractivity contribution in [3.05, 3.63) is 136 Å². The van der Waals surface area contributed by atoms with Crippen molar-refractivity contribution in [2.75, 3.05) is 17.7 Å². The van der Waals surface area contributed by atoms with Crippen LogP contribution in [0.4, 0.5) is 11.6 Å². The van der Waals surface area contributed by atoms with Crippen LogP contribution in [0.2, 0.25) is 5.02 Å². The van der Waals surface area contributed by atoms with Gasteiger partial charge in [-0.3, -0.25) is 4.79 Å². The summed E-state index contributed by atoms with van der Waals surface area (Å²) in [6, 6.07) is 30.5. The second-order valence-corrected chi connectivity index (χ2v) is 12.0. The average molecular weight is 638 g/mol. The van der Waals surface area contributed by atoms with E-state index in [0.29, 0.717) is 56.9 Å². The molecule has 1 unspecified atom stereocenters. The lowest BCUT2D eigenvalue weighted by Crippen LogP contribution is -2.31. The van der Waals surface area contributed by atoms with E-state index in [0.717, 1.165) is 22.3 Å². The number of methoxy groups -OCH3 is 1. The fourth-order valence-electron chi connectivity index (χ4n) is 5.18. The molecule has 45 heavy (non-hydrogen) atoms. The van der Waals surface area contributed by atoms with Crippen molar-refractivity contribution in [3.8, 4) is 11.5 Å². The number of halogens is 1. The van der Waals surface area contributed by atoms with Gasteiger partial charge in [0.05, 0.1) is 12.7 Å². The number of amides is 1. The highest BCUT2D eigenvalue weighted by Crippen LogP contribution is 2.40. The van der Waals surface area contributed by atoms with Crippen molar-refractivity contribution in [2.24, 2.45) is 0 Å². The molecule has 5 aromatic rings. The van der Waals surface area contributed by atoms with Gasteiger partial charge in [-0.1, -0.05) is 90.1 Å². The van der Waals surface area contributed by atoms with Gasteiger partial charge in [0.15, 0.2) is 11.5 Å². The smallest absolute Gasteiger partial charge is 0.255 e. The third kappa shape index (κ3) is 6.84. The van der Waals surface area contributed by atoms with E-state index in [4.69, 9.17) is 31.2 Å². The Hall–Kier alpha value is -4.73. The number of aryl methyl sites for hydroxylation is 1. The molecule has 8 nitrogen and oxygen atoms in total. The number of aromatic nitrogens is 3. The summed E-state index contributed by atoms with van der Waals surface area (Å²) in [5.74, 6) is 2.04. The molecule has 1 atom stereocenters. The Morgan fingerprint density at radius 1 is 0.978 bits per heavy atom. The lowest BCUT2D eigenvalue weighted by atomic mass is 9.94. The Morgan fingerprint density at radius 3 is 2.56 bits per heavy atom. The van der Waals surface area contributed by atoms with Crippen LogP contribution in [-0.2, 0) is 17.2 Å². The molecule has 0 spiro atoms. The zero-order chi connectivity index (χ0) is 31.3. The molecular weight excluding hydrogens is 606 g/mol. The number of ether oxygens (including phenoxy) is 2. The summed E-state index contributed by atoms with van der Waals surface area (Å²) in [6.07, 6.45) is 0. The minimum absolute atomic E-state index is 0.245. The molecule has 1 amide bonds. The molecule has 10 heteroatoms. The first kappa shape index (κ1) is 30.3. The summed E-state index contributed by atoms with van der Waals surface area (Å²) in [4.78, 5) is 18.7. The summed E-state index contributed by atoms with van der Waals surface area (Å²) >= 11 is 7.87. The van der Waals surface area contributed by atoms with Gasteiger partial charge in [0.25, 0.3) is 5.91 Å². The van der Waals surface area contributed by atoms with Crippen molar-refractivity contribution in [3.63, 3.8) is 0 Å². The van der Waals surface area contributed by atoms with Crippen LogP contribution >= 0.6 is 23.4 Å². The molecular formula is C35H32ClN5O3S. The van der Waals surface area contributed by atoms with Crippen LogP contribution in [-0.4, -0.2) is 27.8 Å². The van der Waals surface area contributed by atoms with E-state index in [1.165, 1.54) is 11.8 Å². The molecule has 1 aliphatic heterocycles. The largest absolute Gasteiger partial charge is 0.493 e. The Bertz CT molecular complexity index is 1870. The number of hydrogen-bond acceptors (Lipinski definition) is 7. The Labute approximate surface area is 271 Å². The fourth-order valence-corrected chi connectivity index (χ4v) is 6.30. The van der Waals surface area contributed by atoms with Crippen molar-refractivity contribution in [1.29, 1.82) is 0 Å².